The summed E-state index contributed by atoms with van der Waals surface area (Å²) in [7, 11) is 0. The van der Waals surface area contributed by atoms with Gasteiger partial charge < -0.3 is 0 Å². The molecule has 0 unspecified atom stereocenters. The van der Waals surface area contributed by atoms with Gasteiger partial charge in [0, 0.05) is 29.1 Å². The van der Waals surface area contributed by atoms with Gasteiger partial charge in [0.15, 0.2) is 17.5 Å². The second-order valence-electron chi connectivity index (χ2n) is 8.02. The number of rotatable bonds is 4. The maximum Gasteiger partial charge on any atom is 0.164 e. The fraction of sp³-hybridized carbons (Fsp3) is 0. The van der Waals surface area contributed by atoms with Crippen LogP contribution in [0.2, 0.25) is 0 Å². The van der Waals surface area contributed by atoms with Crippen molar-refractivity contribution in [3.63, 3.8) is 0 Å². The monoisotopic (exact) mass is 436 g/mol. The molecule has 6 aromatic rings. The molecule has 2 heterocycles. The molecule has 0 radical (unpaired) electrons. The maximum absolute atomic E-state index is 4.92. The lowest BCUT2D eigenvalue weighted by molar-refractivity contribution is 1.08. The van der Waals surface area contributed by atoms with Gasteiger partial charge in [0.1, 0.15) is 0 Å². The Kier molecular flexibility index (Phi) is 5.09. The van der Waals surface area contributed by atoms with Crippen LogP contribution >= 0.6 is 0 Å². The molecule has 4 heteroatoms. The molecular weight excluding hydrogens is 416 g/mol. The van der Waals surface area contributed by atoms with Crippen LogP contribution in [-0.4, -0.2) is 19.9 Å². The van der Waals surface area contributed by atoms with Crippen LogP contribution in [0, 0.1) is 0 Å². The predicted octanol–water partition coefficient (Wildman–Crippen LogP) is 7.09. The standard InChI is InChI=1S/C30H20N4/c1-2-9-23(10-3-1)28-32-29(24-17-15-21(16-18-24)25-12-7-19-31-20-25)34-30(33-28)27-14-6-11-22-8-4-5-13-26(22)27/h1-20H. The Labute approximate surface area is 197 Å². The summed E-state index contributed by atoms with van der Waals surface area (Å²) < 4.78 is 0. The molecule has 0 saturated heterocycles. The van der Waals surface area contributed by atoms with E-state index in [1.54, 1.807) is 6.20 Å². The molecule has 34 heavy (non-hydrogen) atoms. The van der Waals surface area contributed by atoms with Crippen molar-refractivity contribution in [2.75, 3.05) is 0 Å². The first-order valence-electron chi connectivity index (χ1n) is 11.2. The Morgan fingerprint density at radius 2 is 1.03 bits per heavy atom. The van der Waals surface area contributed by atoms with Gasteiger partial charge in [-0.05, 0) is 28.0 Å². The minimum absolute atomic E-state index is 0.648. The van der Waals surface area contributed by atoms with E-state index >= 15 is 0 Å². The molecule has 0 aliphatic rings. The number of nitrogens with zero attached hydrogens (tertiary/aromatic N) is 4. The van der Waals surface area contributed by atoms with Gasteiger partial charge in [0.05, 0.1) is 0 Å². The summed E-state index contributed by atoms with van der Waals surface area (Å²) in [4.78, 5) is 18.9. The predicted molar refractivity (Wildman–Crippen MR) is 137 cm³/mol. The SMILES string of the molecule is c1ccc(-c2nc(-c3ccc(-c4cccnc4)cc3)nc(-c3cccc4ccccc34)n2)cc1. The van der Waals surface area contributed by atoms with Crippen molar-refractivity contribution in [1.29, 1.82) is 0 Å². The third-order valence-corrected chi connectivity index (χ3v) is 5.84. The molecule has 2 aromatic heterocycles. The quantitative estimate of drug-likeness (QED) is 0.296. The fourth-order valence-electron chi connectivity index (χ4n) is 4.11. The van der Waals surface area contributed by atoms with Crippen LogP contribution in [-0.2, 0) is 0 Å². The molecule has 0 bridgehead atoms. The van der Waals surface area contributed by atoms with E-state index < -0.39 is 0 Å². The minimum Gasteiger partial charge on any atom is -0.264 e. The van der Waals surface area contributed by atoms with E-state index in [9.17, 15) is 0 Å². The number of pyridine rings is 1. The van der Waals surface area contributed by atoms with Gasteiger partial charge in [-0.3, -0.25) is 4.98 Å². The first-order valence-corrected chi connectivity index (χ1v) is 11.2. The molecule has 0 fully saturated rings. The Balaban J connectivity index is 1.51. The molecule has 0 N–H and O–H groups in total. The van der Waals surface area contributed by atoms with Crippen LogP contribution in [0.4, 0.5) is 0 Å². The zero-order valence-electron chi connectivity index (χ0n) is 18.3. The van der Waals surface area contributed by atoms with E-state index in [0.29, 0.717) is 17.5 Å². The second-order valence-corrected chi connectivity index (χ2v) is 8.02. The topological polar surface area (TPSA) is 51.6 Å². The molecule has 0 aliphatic heterocycles. The van der Waals surface area contributed by atoms with E-state index in [1.807, 2.05) is 60.8 Å². The van der Waals surface area contributed by atoms with Crippen LogP contribution in [0.5, 0.6) is 0 Å². The van der Waals surface area contributed by atoms with Crippen molar-refractivity contribution in [2.45, 2.75) is 0 Å². The third-order valence-electron chi connectivity index (χ3n) is 5.84. The van der Waals surface area contributed by atoms with E-state index in [-0.39, 0.29) is 0 Å². The zero-order valence-corrected chi connectivity index (χ0v) is 18.3. The Hall–Kier alpha value is -4.70. The van der Waals surface area contributed by atoms with Gasteiger partial charge in [-0.2, -0.15) is 0 Å². The average molecular weight is 437 g/mol. The summed E-state index contributed by atoms with van der Waals surface area (Å²) in [5.74, 6) is 1.97. The van der Waals surface area contributed by atoms with E-state index in [4.69, 9.17) is 15.0 Å². The summed E-state index contributed by atoms with van der Waals surface area (Å²) in [5, 5.41) is 2.28. The highest BCUT2D eigenvalue weighted by molar-refractivity contribution is 5.95. The lowest BCUT2D eigenvalue weighted by Gasteiger charge is -2.10. The molecule has 0 aliphatic carbocycles. The van der Waals surface area contributed by atoms with Crippen LogP contribution in [0.25, 0.3) is 56.1 Å². The van der Waals surface area contributed by atoms with Crippen molar-refractivity contribution in [3.05, 3.63) is 122 Å². The molecule has 0 spiro atoms. The molecule has 160 valence electrons. The normalized spacial score (nSPS) is 10.9. The van der Waals surface area contributed by atoms with E-state index in [0.717, 1.165) is 38.6 Å². The summed E-state index contributed by atoms with van der Waals surface area (Å²) in [6.45, 7) is 0. The summed E-state index contributed by atoms with van der Waals surface area (Å²) in [6, 6.07) is 36.8. The summed E-state index contributed by atoms with van der Waals surface area (Å²) in [6.07, 6.45) is 3.65. The molecule has 4 aromatic carbocycles. The van der Waals surface area contributed by atoms with Crippen molar-refractivity contribution in [2.24, 2.45) is 0 Å². The van der Waals surface area contributed by atoms with Crippen LogP contribution in [0.3, 0.4) is 0 Å². The lowest BCUT2D eigenvalue weighted by atomic mass is 10.0. The average Bonchev–Trinajstić information content (AvgIpc) is 2.93. The number of benzene rings is 4. The Morgan fingerprint density at radius 1 is 0.412 bits per heavy atom. The number of hydrogen-bond acceptors (Lipinski definition) is 4. The third kappa shape index (κ3) is 3.82. The first-order chi connectivity index (χ1) is 16.8. The first kappa shape index (κ1) is 19.9. The van der Waals surface area contributed by atoms with Crippen LogP contribution in [0.15, 0.2) is 122 Å². The molecule has 4 nitrogen and oxygen atoms in total. The fourth-order valence-corrected chi connectivity index (χ4v) is 4.11. The molecule has 0 atom stereocenters. The zero-order chi connectivity index (χ0) is 22.7. The Bertz CT molecular complexity index is 1570. The van der Waals surface area contributed by atoms with E-state index in [2.05, 4.69) is 59.6 Å². The van der Waals surface area contributed by atoms with Crippen molar-refractivity contribution < 1.29 is 0 Å². The number of fused-ring (bicyclic) bond motifs is 1. The largest absolute Gasteiger partial charge is 0.264 e. The van der Waals surface area contributed by atoms with Gasteiger partial charge >= 0.3 is 0 Å². The molecule has 0 saturated carbocycles. The minimum atomic E-state index is 0.648. The van der Waals surface area contributed by atoms with Gasteiger partial charge in [0.25, 0.3) is 0 Å². The van der Waals surface area contributed by atoms with Crippen LogP contribution in [0.1, 0.15) is 0 Å². The molecular formula is C30H20N4. The maximum atomic E-state index is 4.92. The number of aromatic nitrogens is 4. The second kappa shape index (κ2) is 8.68. The van der Waals surface area contributed by atoms with Crippen molar-refractivity contribution >= 4 is 10.8 Å². The van der Waals surface area contributed by atoms with Gasteiger partial charge in [-0.15, -0.1) is 0 Å². The van der Waals surface area contributed by atoms with Gasteiger partial charge in [-0.1, -0.05) is 103 Å². The smallest absolute Gasteiger partial charge is 0.164 e. The summed E-state index contributed by atoms with van der Waals surface area (Å²) >= 11 is 0. The highest BCUT2D eigenvalue weighted by Gasteiger charge is 2.14. The highest BCUT2D eigenvalue weighted by Crippen LogP contribution is 2.30. The molecule has 6 rings (SSSR count). The Morgan fingerprint density at radius 3 is 1.79 bits per heavy atom. The van der Waals surface area contributed by atoms with Gasteiger partial charge in [-0.25, -0.2) is 15.0 Å². The van der Waals surface area contributed by atoms with Gasteiger partial charge in [0.2, 0.25) is 0 Å². The van der Waals surface area contributed by atoms with Crippen molar-refractivity contribution in [1.82, 2.24) is 19.9 Å². The molecule has 0 amide bonds. The van der Waals surface area contributed by atoms with E-state index in [1.165, 1.54) is 0 Å². The number of hydrogen-bond donors (Lipinski definition) is 0. The van der Waals surface area contributed by atoms with Crippen LogP contribution < -0.4 is 0 Å². The lowest BCUT2D eigenvalue weighted by Crippen LogP contribution is -2.00. The summed E-state index contributed by atoms with van der Waals surface area (Å²) in [5.41, 5.74) is 5.06. The highest BCUT2D eigenvalue weighted by atomic mass is 15.0. The van der Waals surface area contributed by atoms with Crippen molar-refractivity contribution in [3.8, 4) is 45.3 Å².